The molecule has 148 valence electrons. The molecule has 6 nitrogen and oxygen atoms in total. The second kappa shape index (κ2) is 8.69. The number of nitrogens with zero attached hydrogens (tertiary/aromatic N) is 4. The highest BCUT2D eigenvalue weighted by molar-refractivity contribution is 5.89. The number of ether oxygens (including phenoxy) is 1. The maximum Gasteiger partial charge on any atom is 0.359 e. The fourth-order valence-electron chi connectivity index (χ4n) is 4.23. The van der Waals surface area contributed by atoms with E-state index in [2.05, 4.69) is 27.1 Å². The van der Waals surface area contributed by atoms with Crippen LogP contribution in [0.4, 0.5) is 0 Å². The Bertz CT molecular complexity index is 844. The van der Waals surface area contributed by atoms with E-state index in [1.165, 1.54) is 12.8 Å². The molecule has 2 aromatic heterocycles. The molecule has 0 radical (unpaired) electrons. The Morgan fingerprint density at radius 2 is 2.25 bits per heavy atom. The average molecular weight is 380 g/mol. The third-order valence-corrected chi connectivity index (χ3v) is 5.61. The second-order valence-corrected chi connectivity index (χ2v) is 7.61. The minimum absolute atomic E-state index is 0.319. The van der Waals surface area contributed by atoms with Gasteiger partial charge < -0.3 is 4.74 Å². The SMILES string of the molecule is CCOC(=O)c1nn(Cc2ccccn2)c2c1CN(CC1CC=CCC1)CC2. The van der Waals surface area contributed by atoms with Crippen LogP contribution < -0.4 is 0 Å². The Morgan fingerprint density at radius 1 is 1.32 bits per heavy atom. The van der Waals surface area contributed by atoms with Crippen LogP contribution in [0.2, 0.25) is 0 Å². The van der Waals surface area contributed by atoms with Gasteiger partial charge in [0, 0.05) is 43.5 Å². The number of carbonyl (C=O) groups excluding carboxylic acids is 1. The molecule has 0 N–H and O–H groups in total. The van der Waals surface area contributed by atoms with Gasteiger partial charge in [-0.25, -0.2) is 4.79 Å². The van der Waals surface area contributed by atoms with Crippen LogP contribution in [0.25, 0.3) is 0 Å². The molecule has 28 heavy (non-hydrogen) atoms. The molecule has 1 unspecified atom stereocenters. The summed E-state index contributed by atoms with van der Waals surface area (Å²) in [6, 6.07) is 5.87. The van der Waals surface area contributed by atoms with Gasteiger partial charge in [0.05, 0.1) is 18.8 Å². The van der Waals surface area contributed by atoms with Crippen LogP contribution in [0.3, 0.4) is 0 Å². The molecule has 0 fully saturated rings. The first-order chi connectivity index (χ1) is 13.7. The van der Waals surface area contributed by atoms with Crippen LogP contribution in [0.15, 0.2) is 36.5 Å². The highest BCUT2D eigenvalue weighted by Gasteiger charge is 2.29. The van der Waals surface area contributed by atoms with Crippen molar-refractivity contribution in [2.45, 2.75) is 45.7 Å². The lowest BCUT2D eigenvalue weighted by Crippen LogP contribution is -2.35. The lowest BCUT2D eigenvalue weighted by molar-refractivity contribution is 0.0515. The van der Waals surface area contributed by atoms with Crippen molar-refractivity contribution < 1.29 is 9.53 Å². The predicted molar refractivity (Wildman–Crippen MR) is 107 cm³/mol. The number of aromatic nitrogens is 3. The van der Waals surface area contributed by atoms with Crippen LogP contribution >= 0.6 is 0 Å². The Kier molecular flexibility index (Phi) is 5.86. The monoisotopic (exact) mass is 380 g/mol. The maximum absolute atomic E-state index is 12.5. The molecule has 6 heteroatoms. The average Bonchev–Trinajstić information content (AvgIpc) is 3.07. The van der Waals surface area contributed by atoms with Gasteiger partial charge >= 0.3 is 5.97 Å². The minimum Gasteiger partial charge on any atom is -0.461 e. The molecule has 1 aliphatic carbocycles. The van der Waals surface area contributed by atoms with Crippen LogP contribution in [0, 0.1) is 5.92 Å². The smallest absolute Gasteiger partial charge is 0.359 e. The molecule has 0 saturated heterocycles. The first-order valence-corrected chi connectivity index (χ1v) is 10.3. The molecule has 0 aromatic carbocycles. The molecule has 1 aliphatic heterocycles. The van der Waals surface area contributed by atoms with Gasteiger partial charge in [0.25, 0.3) is 0 Å². The van der Waals surface area contributed by atoms with Gasteiger partial charge in [-0.3, -0.25) is 14.6 Å². The lowest BCUT2D eigenvalue weighted by atomic mass is 9.93. The van der Waals surface area contributed by atoms with E-state index >= 15 is 0 Å². The van der Waals surface area contributed by atoms with Crippen LogP contribution in [-0.4, -0.2) is 45.3 Å². The van der Waals surface area contributed by atoms with Crippen molar-refractivity contribution in [2.75, 3.05) is 19.7 Å². The van der Waals surface area contributed by atoms with Crippen molar-refractivity contribution >= 4 is 5.97 Å². The fourth-order valence-corrected chi connectivity index (χ4v) is 4.23. The summed E-state index contributed by atoms with van der Waals surface area (Å²) in [6.07, 6.45) is 10.9. The number of allylic oxidation sites excluding steroid dienone is 2. The number of rotatable bonds is 6. The minimum atomic E-state index is -0.319. The summed E-state index contributed by atoms with van der Waals surface area (Å²) < 4.78 is 7.23. The van der Waals surface area contributed by atoms with Crippen molar-refractivity contribution in [3.8, 4) is 0 Å². The Morgan fingerprint density at radius 3 is 3.00 bits per heavy atom. The van der Waals surface area contributed by atoms with E-state index in [4.69, 9.17) is 4.74 Å². The van der Waals surface area contributed by atoms with E-state index in [1.807, 2.05) is 29.8 Å². The molecule has 2 aliphatic rings. The number of esters is 1. The van der Waals surface area contributed by atoms with Crippen molar-refractivity contribution in [3.63, 3.8) is 0 Å². The molecular formula is C22H28N4O2. The molecule has 4 rings (SSSR count). The van der Waals surface area contributed by atoms with Crippen molar-refractivity contribution in [3.05, 3.63) is 59.2 Å². The topological polar surface area (TPSA) is 60.2 Å². The standard InChI is InChI=1S/C22H28N4O2/c1-2-28-22(27)21-19-16-25(14-17-8-4-3-5-9-17)13-11-20(19)26(24-21)15-18-10-6-7-12-23-18/h3-4,6-7,10,12,17H,2,5,8-9,11,13-16H2,1H3. The van der Waals surface area contributed by atoms with E-state index in [-0.39, 0.29) is 5.97 Å². The Hall–Kier alpha value is -2.47. The highest BCUT2D eigenvalue weighted by atomic mass is 16.5. The predicted octanol–water partition coefficient (Wildman–Crippen LogP) is 3.22. The summed E-state index contributed by atoms with van der Waals surface area (Å²) in [7, 11) is 0. The third kappa shape index (κ3) is 4.17. The first-order valence-electron chi connectivity index (χ1n) is 10.3. The Balaban J connectivity index is 1.57. The Labute approximate surface area is 166 Å². The molecule has 2 aromatic rings. The van der Waals surface area contributed by atoms with Crippen LogP contribution in [-0.2, 0) is 24.2 Å². The summed E-state index contributed by atoms with van der Waals surface area (Å²) in [5.41, 5.74) is 3.60. The number of hydrogen-bond donors (Lipinski definition) is 0. The molecule has 3 heterocycles. The zero-order valence-electron chi connectivity index (χ0n) is 16.5. The summed E-state index contributed by atoms with van der Waals surface area (Å²) in [5, 5.41) is 4.65. The van der Waals surface area contributed by atoms with Gasteiger partial charge in [-0.05, 0) is 44.2 Å². The molecule has 0 spiro atoms. The third-order valence-electron chi connectivity index (χ3n) is 5.61. The number of pyridine rings is 1. The molecule has 0 saturated carbocycles. The van der Waals surface area contributed by atoms with E-state index < -0.39 is 0 Å². The van der Waals surface area contributed by atoms with Gasteiger partial charge in [0.15, 0.2) is 5.69 Å². The number of hydrogen-bond acceptors (Lipinski definition) is 5. The van der Waals surface area contributed by atoms with E-state index in [0.717, 1.165) is 49.4 Å². The van der Waals surface area contributed by atoms with Crippen molar-refractivity contribution in [1.29, 1.82) is 0 Å². The van der Waals surface area contributed by atoms with Gasteiger partial charge in [0.1, 0.15) is 0 Å². The van der Waals surface area contributed by atoms with Crippen molar-refractivity contribution in [1.82, 2.24) is 19.7 Å². The first kappa shape index (κ1) is 18.9. The van der Waals surface area contributed by atoms with Crippen LogP contribution in [0.1, 0.15) is 53.6 Å². The summed E-state index contributed by atoms with van der Waals surface area (Å²) in [6.45, 7) is 5.62. The van der Waals surface area contributed by atoms with E-state index in [1.54, 1.807) is 6.20 Å². The highest BCUT2D eigenvalue weighted by Crippen LogP contribution is 2.27. The van der Waals surface area contributed by atoms with Gasteiger partial charge in [-0.1, -0.05) is 18.2 Å². The van der Waals surface area contributed by atoms with Gasteiger partial charge in [-0.15, -0.1) is 0 Å². The lowest BCUT2D eigenvalue weighted by Gasteiger charge is -2.31. The van der Waals surface area contributed by atoms with Crippen molar-refractivity contribution in [2.24, 2.45) is 5.92 Å². The molecule has 1 atom stereocenters. The summed E-state index contributed by atoms with van der Waals surface area (Å²) >= 11 is 0. The normalized spacial score (nSPS) is 19.4. The van der Waals surface area contributed by atoms with E-state index in [9.17, 15) is 4.79 Å². The zero-order chi connectivity index (χ0) is 19.3. The molecular weight excluding hydrogens is 352 g/mol. The molecule has 0 amide bonds. The quantitative estimate of drug-likeness (QED) is 0.569. The number of carbonyl (C=O) groups is 1. The maximum atomic E-state index is 12.5. The molecule has 0 bridgehead atoms. The second-order valence-electron chi connectivity index (χ2n) is 7.61. The van der Waals surface area contributed by atoms with Gasteiger partial charge in [-0.2, -0.15) is 5.10 Å². The largest absolute Gasteiger partial charge is 0.461 e. The summed E-state index contributed by atoms with van der Waals surface area (Å²) in [5.74, 6) is 0.391. The van der Waals surface area contributed by atoms with Gasteiger partial charge in [0.2, 0.25) is 0 Å². The number of fused-ring (bicyclic) bond motifs is 1. The van der Waals surface area contributed by atoms with Crippen LogP contribution in [0.5, 0.6) is 0 Å². The fraction of sp³-hybridized carbons (Fsp3) is 0.500. The zero-order valence-corrected chi connectivity index (χ0v) is 16.5. The summed E-state index contributed by atoms with van der Waals surface area (Å²) in [4.78, 5) is 19.4. The van der Waals surface area contributed by atoms with E-state index in [0.29, 0.717) is 24.8 Å².